The van der Waals surface area contributed by atoms with Crippen molar-refractivity contribution in [1.29, 1.82) is 0 Å². The predicted molar refractivity (Wildman–Crippen MR) is 132 cm³/mol. The summed E-state index contributed by atoms with van der Waals surface area (Å²) in [6, 6.07) is 12.8. The molecule has 0 aliphatic heterocycles. The van der Waals surface area contributed by atoms with Crippen LogP contribution in [0.3, 0.4) is 0 Å². The van der Waals surface area contributed by atoms with Crippen LogP contribution in [0.1, 0.15) is 12.5 Å². The fourth-order valence-corrected chi connectivity index (χ4v) is 3.90. The average molecular weight is 484 g/mol. The fourth-order valence-electron chi connectivity index (χ4n) is 3.03. The molecule has 9 nitrogen and oxygen atoms in total. The van der Waals surface area contributed by atoms with Crippen molar-refractivity contribution >= 4 is 39.5 Å². The zero-order valence-electron chi connectivity index (χ0n) is 19.2. The highest BCUT2D eigenvalue weighted by atomic mass is 32.1. The van der Waals surface area contributed by atoms with Crippen LogP contribution in [0.15, 0.2) is 48.5 Å². The van der Waals surface area contributed by atoms with Crippen molar-refractivity contribution in [2.45, 2.75) is 6.92 Å². The van der Waals surface area contributed by atoms with Gasteiger partial charge in [0.05, 0.1) is 27.9 Å². The first-order valence-corrected chi connectivity index (χ1v) is 11.1. The Bertz CT molecular complexity index is 1150. The molecule has 34 heavy (non-hydrogen) atoms. The van der Waals surface area contributed by atoms with Crippen molar-refractivity contribution in [3.8, 4) is 28.5 Å². The Hall–Kier alpha value is -4.05. The van der Waals surface area contributed by atoms with Gasteiger partial charge in [-0.25, -0.2) is 9.78 Å². The van der Waals surface area contributed by atoms with Crippen LogP contribution in [0.2, 0.25) is 0 Å². The highest BCUT2D eigenvalue weighted by molar-refractivity contribution is 7.20. The maximum atomic E-state index is 12.7. The Morgan fingerprint density at radius 2 is 1.68 bits per heavy atom. The predicted octanol–water partition coefficient (Wildman–Crippen LogP) is 5.06. The summed E-state index contributed by atoms with van der Waals surface area (Å²) >= 11 is 1.13. The van der Waals surface area contributed by atoms with Crippen LogP contribution in [0.25, 0.3) is 17.3 Å². The first kappa shape index (κ1) is 24.6. The lowest BCUT2D eigenvalue weighted by molar-refractivity contribution is -0.111. The van der Waals surface area contributed by atoms with Crippen molar-refractivity contribution in [2.24, 2.45) is 0 Å². The minimum Gasteiger partial charge on any atom is -0.493 e. The molecule has 3 rings (SSSR count). The molecule has 2 N–H and O–H groups in total. The van der Waals surface area contributed by atoms with Gasteiger partial charge in [0, 0.05) is 11.6 Å². The largest absolute Gasteiger partial charge is 0.493 e. The second-order valence-corrected chi connectivity index (χ2v) is 7.69. The maximum absolute atomic E-state index is 12.7. The number of rotatable bonds is 9. The number of benzene rings is 2. The Kier molecular flexibility index (Phi) is 8.47. The molecule has 178 valence electrons. The molecule has 0 unspecified atom stereocenters. The molecular formula is C24H25N3O6S. The molecule has 0 saturated heterocycles. The maximum Gasteiger partial charge on any atom is 0.413 e. The number of carbonyl (C=O) groups excluding carboxylic acids is 2. The van der Waals surface area contributed by atoms with Crippen LogP contribution in [0.5, 0.6) is 17.2 Å². The van der Waals surface area contributed by atoms with E-state index in [1.165, 1.54) is 27.4 Å². The molecule has 1 aromatic heterocycles. The van der Waals surface area contributed by atoms with Crippen molar-refractivity contribution < 1.29 is 28.5 Å². The Labute approximate surface area is 201 Å². The number of carbonyl (C=O) groups is 2. The molecule has 0 saturated carbocycles. The third-order valence-electron chi connectivity index (χ3n) is 4.51. The molecule has 1 heterocycles. The molecule has 0 radical (unpaired) electrons. The van der Waals surface area contributed by atoms with Crippen LogP contribution in [0.4, 0.5) is 14.9 Å². The molecule has 0 aliphatic carbocycles. The van der Waals surface area contributed by atoms with Gasteiger partial charge in [-0.05, 0) is 30.7 Å². The second-order valence-electron chi connectivity index (χ2n) is 6.69. The minimum absolute atomic E-state index is 0.234. The van der Waals surface area contributed by atoms with Gasteiger partial charge in [0.25, 0.3) is 0 Å². The van der Waals surface area contributed by atoms with E-state index >= 15 is 0 Å². The fraction of sp³-hybridized carbons (Fsp3) is 0.208. The third kappa shape index (κ3) is 6.04. The van der Waals surface area contributed by atoms with Gasteiger partial charge in [-0.2, -0.15) is 0 Å². The lowest BCUT2D eigenvalue weighted by Gasteiger charge is -2.12. The molecule has 0 spiro atoms. The molecule has 0 atom stereocenters. The molecule has 2 amide bonds. The SMILES string of the molecule is CCOC(=O)Nc1nc(-c2ccccc2)c(NC(=O)/C=C\c2cc(OC)c(OC)c(OC)c2)s1. The summed E-state index contributed by atoms with van der Waals surface area (Å²) in [5.74, 6) is 1.04. The summed E-state index contributed by atoms with van der Waals surface area (Å²) in [5.41, 5.74) is 2.01. The smallest absolute Gasteiger partial charge is 0.413 e. The van der Waals surface area contributed by atoms with Gasteiger partial charge in [-0.15, -0.1) is 0 Å². The van der Waals surface area contributed by atoms with E-state index in [1.54, 1.807) is 25.1 Å². The van der Waals surface area contributed by atoms with Gasteiger partial charge < -0.3 is 24.3 Å². The van der Waals surface area contributed by atoms with E-state index in [2.05, 4.69) is 15.6 Å². The van der Waals surface area contributed by atoms with E-state index < -0.39 is 6.09 Å². The second kappa shape index (κ2) is 11.7. The van der Waals surface area contributed by atoms with E-state index in [1.807, 2.05) is 30.3 Å². The standard InChI is InChI=1S/C24H25N3O6S/c1-5-33-24(29)27-23-26-20(16-9-7-6-8-10-16)22(34-23)25-19(28)12-11-15-13-17(30-2)21(32-4)18(14-15)31-3/h6-14H,5H2,1-4H3,(H,25,28)(H,26,27,29)/b12-11-. The first-order valence-electron chi connectivity index (χ1n) is 10.3. The number of ether oxygens (including phenoxy) is 4. The van der Waals surface area contributed by atoms with Crippen molar-refractivity contribution in [2.75, 3.05) is 38.6 Å². The minimum atomic E-state index is -0.615. The summed E-state index contributed by atoms with van der Waals surface area (Å²) in [7, 11) is 4.57. The monoisotopic (exact) mass is 483 g/mol. The number of nitrogens with zero attached hydrogens (tertiary/aromatic N) is 1. The summed E-state index contributed by atoms with van der Waals surface area (Å²) in [6.07, 6.45) is 2.39. The molecule has 0 bridgehead atoms. The average Bonchev–Trinajstić information content (AvgIpc) is 3.24. The van der Waals surface area contributed by atoms with Crippen LogP contribution in [-0.4, -0.2) is 44.9 Å². The Morgan fingerprint density at radius 3 is 2.26 bits per heavy atom. The number of thiazole rings is 1. The van der Waals surface area contributed by atoms with Gasteiger partial charge in [-0.3, -0.25) is 10.1 Å². The van der Waals surface area contributed by atoms with Crippen molar-refractivity contribution in [3.63, 3.8) is 0 Å². The van der Waals surface area contributed by atoms with E-state index in [-0.39, 0.29) is 12.5 Å². The summed E-state index contributed by atoms with van der Waals surface area (Å²) in [4.78, 5) is 29.0. The van der Waals surface area contributed by atoms with Gasteiger partial charge in [0.2, 0.25) is 11.7 Å². The Morgan fingerprint density at radius 1 is 1.00 bits per heavy atom. The molecule has 3 aromatic rings. The Balaban J connectivity index is 1.84. The highest BCUT2D eigenvalue weighted by Gasteiger charge is 2.17. The number of aromatic nitrogens is 1. The highest BCUT2D eigenvalue weighted by Crippen LogP contribution is 2.39. The molecule has 2 aromatic carbocycles. The number of amides is 2. The zero-order chi connectivity index (χ0) is 24.5. The van der Waals surface area contributed by atoms with Gasteiger partial charge in [-0.1, -0.05) is 41.7 Å². The van der Waals surface area contributed by atoms with Gasteiger partial charge in [0.1, 0.15) is 10.7 Å². The van der Waals surface area contributed by atoms with E-state index in [4.69, 9.17) is 18.9 Å². The number of anilines is 2. The molecule has 0 fully saturated rings. The van der Waals surface area contributed by atoms with Gasteiger partial charge >= 0.3 is 6.09 Å². The topological polar surface area (TPSA) is 108 Å². The van der Waals surface area contributed by atoms with Crippen LogP contribution in [0, 0.1) is 0 Å². The summed E-state index contributed by atoms with van der Waals surface area (Å²) < 4.78 is 20.9. The van der Waals surface area contributed by atoms with E-state index in [0.717, 1.165) is 16.9 Å². The molecule has 10 heteroatoms. The van der Waals surface area contributed by atoms with Gasteiger partial charge in [0.15, 0.2) is 16.6 Å². The summed E-state index contributed by atoms with van der Waals surface area (Å²) in [6.45, 7) is 1.95. The number of hydrogen-bond donors (Lipinski definition) is 2. The number of nitrogens with one attached hydrogen (secondary N) is 2. The van der Waals surface area contributed by atoms with Crippen molar-refractivity contribution in [1.82, 2.24) is 4.98 Å². The van der Waals surface area contributed by atoms with Crippen molar-refractivity contribution in [3.05, 3.63) is 54.1 Å². The number of methoxy groups -OCH3 is 3. The third-order valence-corrected chi connectivity index (χ3v) is 5.40. The van der Waals surface area contributed by atoms with Crippen LogP contribution in [-0.2, 0) is 9.53 Å². The van der Waals surface area contributed by atoms with E-state index in [9.17, 15) is 9.59 Å². The molecular weight excluding hydrogens is 458 g/mol. The zero-order valence-corrected chi connectivity index (χ0v) is 20.0. The normalized spacial score (nSPS) is 10.6. The lowest BCUT2D eigenvalue weighted by atomic mass is 10.1. The molecule has 0 aliphatic rings. The van der Waals surface area contributed by atoms with Crippen LogP contribution >= 0.6 is 11.3 Å². The lowest BCUT2D eigenvalue weighted by Crippen LogP contribution is -2.12. The number of hydrogen-bond acceptors (Lipinski definition) is 8. The first-order chi connectivity index (χ1) is 16.5. The van der Waals surface area contributed by atoms with E-state index in [0.29, 0.717) is 38.6 Å². The quantitative estimate of drug-likeness (QED) is 0.410. The summed E-state index contributed by atoms with van der Waals surface area (Å²) in [5, 5.41) is 6.20. The van der Waals surface area contributed by atoms with Crippen LogP contribution < -0.4 is 24.8 Å².